The smallest absolute Gasteiger partial charge is 0.408 e. The van der Waals surface area contributed by atoms with E-state index in [1.165, 1.54) is 0 Å². The van der Waals surface area contributed by atoms with E-state index >= 15 is 0 Å². The average Bonchev–Trinajstić information content (AvgIpc) is 2.82. The molecule has 2 N–H and O–H groups in total. The molecule has 1 saturated heterocycles. The van der Waals surface area contributed by atoms with Crippen molar-refractivity contribution in [3.8, 4) is 0 Å². The maximum absolute atomic E-state index is 12.9. The van der Waals surface area contributed by atoms with Gasteiger partial charge in [-0.05, 0) is 32.1 Å². The van der Waals surface area contributed by atoms with E-state index < -0.39 is 48.5 Å². The Balaban J connectivity index is 2.14. The number of carbonyl (C=O) groups excluding carboxylic acids is 2. The Morgan fingerprint density at radius 1 is 1.31 bits per heavy atom. The molecule has 1 aliphatic carbocycles. The molecule has 1 unspecified atom stereocenters. The van der Waals surface area contributed by atoms with E-state index in [1.807, 2.05) is 13.8 Å². The van der Waals surface area contributed by atoms with Crippen molar-refractivity contribution >= 4 is 18.0 Å². The summed E-state index contributed by atoms with van der Waals surface area (Å²) in [7, 11) is 0. The molecule has 2 fully saturated rings. The highest BCUT2D eigenvalue weighted by molar-refractivity contribution is 5.90. The third kappa shape index (κ3) is 4.07. The normalized spacial score (nSPS) is 27.7. The fourth-order valence-corrected chi connectivity index (χ4v) is 3.85. The Morgan fingerprint density at radius 3 is 2.35 bits per heavy atom. The highest BCUT2D eigenvalue weighted by atomic mass is 19.3. The highest BCUT2D eigenvalue weighted by Gasteiger charge is 2.69. The van der Waals surface area contributed by atoms with Crippen molar-refractivity contribution in [2.45, 2.75) is 65.1 Å². The summed E-state index contributed by atoms with van der Waals surface area (Å²) in [5.74, 6) is -2.17. The predicted octanol–water partition coefficient (Wildman–Crippen LogP) is 2.10. The number of hydrogen-bond acceptors (Lipinski definition) is 4. The standard InChI is InChI=1S/C17H26F2N2O5/c1-16(2,3)26-15(25)20-9(6-10(18)19)13(22)21-7-8-11(17(8,4)5)12(21)14(23)24/h8-12H,6-7H2,1-5H3,(H,20,25)(H,23,24)/t8-,9?,11-,12-/m0/s1. The molecule has 1 aliphatic heterocycles. The van der Waals surface area contributed by atoms with Gasteiger partial charge in [-0.25, -0.2) is 18.4 Å². The minimum absolute atomic E-state index is 0.0151. The minimum atomic E-state index is -2.84. The minimum Gasteiger partial charge on any atom is -0.480 e. The maximum Gasteiger partial charge on any atom is 0.408 e. The molecule has 9 heteroatoms. The van der Waals surface area contributed by atoms with Crippen LogP contribution in [0.25, 0.3) is 0 Å². The molecule has 0 aromatic rings. The first-order chi connectivity index (χ1) is 11.8. The van der Waals surface area contributed by atoms with E-state index in [0.29, 0.717) is 0 Å². The quantitative estimate of drug-likeness (QED) is 0.766. The van der Waals surface area contributed by atoms with Gasteiger partial charge < -0.3 is 20.1 Å². The zero-order chi connectivity index (χ0) is 20.0. The summed E-state index contributed by atoms with van der Waals surface area (Å²) in [6, 6.07) is -2.60. The highest BCUT2D eigenvalue weighted by Crippen LogP contribution is 2.64. The molecule has 1 heterocycles. The molecule has 0 bridgehead atoms. The zero-order valence-corrected chi connectivity index (χ0v) is 15.6. The Morgan fingerprint density at radius 2 is 1.88 bits per heavy atom. The summed E-state index contributed by atoms with van der Waals surface area (Å²) in [5.41, 5.74) is -1.05. The summed E-state index contributed by atoms with van der Waals surface area (Å²) in [6.07, 6.45) is -4.73. The Bertz CT molecular complexity index is 602. The summed E-state index contributed by atoms with van der Waals surface area (Å²) in [6.45, 7) is 8.85. The number of piperidine rings is 1. The van der Waals surface area contributed by atoms with Crippen LogP contribution in [0.4, 0.5) is 13.6 Å². The van der Waals surface area contributed by atoms with Crippen LogP contribution in [0.15, 0.2) is 0 Å². The van der Waals surface area contributed by atoms with E-state index in [1.54, 1.807) is 20.8 Å². The number of fused-ring (bicyclic) bond motifs is 1. The van der Waals surface area contributed by atoms with E-state index in [0.717, 1.165) is 4.90 Å². The fraction of sp³-hybridized carbons (Fsp3) is 0.824. The number of nitrogens with zero attached hydrogens (tertiary/aromatic N) is 1. The number of likely N-dealkylation sites (tertiary alicyclic amines) is 1. The van der Waals surface area contributed by atoms with Crippen LogP contribution in [-0.4, -0.2) is 58.6 Å². The van der Waals surface area contributed by atoms with Gasteiger partial charge in [0, 0.05) is 18.9 Å². The summed E-state index contributed by atoms with van der Waals surface area (Å²) < 4.78 is 30.8. The number of carboxylic acid groups (broad SMARTS) is 1. The van der Waals surface area contributed by atoms with Crippen molar-refractivity contribution in [3.63, 3.8) is 0 Å². The van der Waals surface area contributed by atoms with Crippen LogP contribution < -0.4 is 5.32 Å². The third-order valence-electron chi connectivity index (χ3n) is 5.15. The number of ether oxygens (including phenoxy) is 1. The third-order valence-corrected chi connectivity index (χ3v) is 5.15. The van der Waals surface area contributed by atoms with Crippen molar-refractivity contribution in [3.05, 3.63) is 0 Å². The van der Waals surface area contributed by atoms with Crippen LogP contribution >= 0.6 is 0 Å². The van der Waals surface area contributed by atoms with Gasteiger partial charge in [0.25, 0.3) is 0 Å². The van der Waals surface area contributed by atoms with Crippen molar-refractivity contribution in [2.75, 3.05) is 6.54 Å². The first-order valence-corrected chi connectivity index (χ1v) is 8.56. The van der Waals surface area contributed by atoms with Gasteiger partial charge in [0.05, 0.1) is 0 Å². The van der Waals surface area contributed by atoms with Crippen LogP contribution in [-0.2, 0) is 14.3 Å². The Hall–Kier alpha value is -1.93. The molecule has 0 aromatic heterocycles. The van der Waals surface area contributed by atoms with E-state index in [2.05, 4.69) is 5.32 Å². The number of nitrogens with one attached hydrogen (secondary N) is 1. The lowest BCUT2D eigenvalue weighted by Gasteiger charge is -2.32. The molecule has 2 rings (SSSR count). The Labute approximate surface area is 151 Å². The second-order valence-electron chi connectivity index (χ2n) is 8.55. The molecule has 0 spiro atoms. The average molecular weight is 376 g/mol. The van der Waals surface area contributed by atoms with Crippen molar-refractivity contribution in [2.24, 2.45) is 17.3 Å². The lowest BCUT2D eigenvalue weighted by molar-refractivity contribution is -0.151. The fourth-order valence-electron chi connectivity index (χ4n) is 3.85. The molecule has 26 heavy (non-hydrogen) atoms. The lowest BCUT2D eigenvalue weighted by Crippen LogP contribution is -2.54. The number of halogens is 2. The van der Waals surface area contributed by atoms with E-state index in [9.17, 15) is 28.3 Å². The molecule has 0 aromatic carbocycles. The van der Waals surface area contributed by atoms with E-state index in [-0.39, 0.29) is 23.8 Å². The second kappa shape index (κ2) is 6.66. The SMILES string of the molecule is CC(C)(C)OC(=O)NC(CC(F)F)C(=O)N1C[C@H]2[C@@H]([C@H]1C(=O)O)C2(C)C. The van der Waals surface area contributed by atoms with Crippen LogP contribution in [0.1, 0.15) is 41.0 Å². The molecule has 2 aliphatic rings. The first kappa shape index (κ1) is 20.4. The molecule has 4 atom stereocenters. The van der Waals surface area contributed by atoms with Crippen LogP contribution in [0.2, 0.25) is 0 Å². The first-order valence-electron chi connectivity index (χ1n) is 8.56. The number of hydrogen-bond donors (Lipinski definition) is 2. The number of carboxylic acids is 1. The summed E-state index contributed by atoms with van der Waals surface area (Å²) in [4.78, 5) is 37.4. The summed E-state index contributed by atoms with van der Waals surface area (Å²) in [5, 5.41) is 11.7. The monoisotopic (exact) mass is 376 g/mol. The molecular formula is C17H26F2N2O5. The number of aliphatic carboxylic acids is 1. The molecule has 148 valence electrons. The van der Waals surface area contributed by atoms with Crippen molar-refractivity contribution in [1.82, 2.24) is 10.2 Å². The van der Waals surface area contributed by atoms with Crippen molar-refractivity contribution < 1.29 is 33.0 Å². The molecule has 1 saturated carbocycles. The molecular weight excluding hydrogens is 350 g/mol. The molecule has 2 amide bonds. The van der Waals surface area contributed by atoms with Gasteiger partial charge in [0.15, 0.2) is 0 Å². The van der Waals surface area contributed by atoms with Crippen molar-refractivity contribution in [1.29, 1.82) is 0 Å². The molecule has 0 radical (unpaired) electrons. The topological polar surface area (TPSA) is 95.9 Å². The Kier molecular flexibility index (Phi) is 5.22. The van der Waals surface area contributed by atoms with E-state index in [4.69, 9.17) is 4.74 Å². The van der Waals surface area contributed by atoms with Gasteiger partial charge in [0.2, 0.25) is 12.3 Å². The zero-order valence-electron chi connectivity index (χ0n) is 15.6. The van der Waals surface area contributed by atoms with Gasteiger partial charge in [-0.2, -0.15) is 0 Å². The maximum atomic E-state index is 12.9. The largest absolute Gasteiger partial charge is 0.480 e. The van der Waals surface area contributed by atoms with Gasteiger partial charge in [0.1, 0.15) is 17.7 Å². The lowest BCUT2D eigenvalue weighted by atomic mass is 10.00. The predicted molar refractivity (Wildman–Crippen MR) is 87.7 cm³/mol. The number of alkyl halides is 2. The molecule has 7 nitrogen and oxygen atoms in total. The van der Waals surface area contributed by atoms with Crippen LogP contribution in [0.3, 0.4) is 0 Å². The van der Waals surface area contributed by atoms with Crippen LogP contribution in [0.5, 0.6) is 0 Å². The number of rotatable bonds is 5. The number of amides is 2. The van der Waals surface area contributed by atoms with Crippen LogP contribution in [0, 0.1) is 17.3 Å². The summed E-state index contributed by atoms with van der Waals surface area (Å²) >= 11 is 0. The second-order valence-corrected chi connectivity index (χ2v) is 8.55. The van der Waals surface area contributed by atoms with Gasteiger partial charge in [-0.3, -0.25) is 4.79 Å². The van der Waals surface area contributed by atoms with Gasteiger partial charge in [-0.15, -0.1) is 0 Å². The number of carbonyl (C=O) groups is 3. The van der Waals surface area contributed by atoms with Gasteiger partial charge in [-0.1, -0.05) is 13.8 Å². The van der Waals surface area contributed by atoms with Gasteiger partial charge >= 0.3 is 12.1 Å². The number of alkyl carbamates (subject to hydrolysis) is 1.